The Morgan fingerprint density at radius 1 is 0.946 bits per heavy atom. The number of hydrogen-bond acceptors (Lipinski definition) is 6. The largest absolute Gasteiger partial charge is 0.367 e. The molecule has 0 bridgehead atoms. The molecular weight excluding hydrogens is 484 g/mol. The van der Waals surface area contributed by atoms with Gasteiger partial charge in [0, 0.05) is 18.5 Å². The number of nitrogens with one attached hydrogen (secondary N) is 1. The van der Waals surface area contributed by atoms with E-state index in [1.807, 2.05) is 98.8 Å². The van der Waals surface area contributed by atoms with E-state index < -0.39 is 0 Å². The molecule has 8 heteroatoms. The topological polar surface area (TPSA) is 84.4 Å². The van der Waals surface area contributed by atoms with Crippen molar-refractivity contribution in [1.82, 2.24) is 15.1 Å². The van der Waals surface area contributed by atoms with Gasteiger partial charge in [0.15, 0.2) is 0 Å². The molecule has 0 aliphatic rings. The molecular formula is C29H30N4O3S. The summed E-state index contributed by atoms with van der Waals surface area (Å²) in [5.41, 5.74) is 4.11. The Bertz CT molecular complexity index is 1290. The first kappa shape index (κ1) is 26.2. The maximum atomic E-state index is 13.2. The molecule has 0 radical (unpaired) electrons. The minimum atomic E-state index is -0.227. The van der Waals surface area contributed by atoms with Gasteiger partial charge >= 0.3 is 0 Å². The number of nitrogens with zero attached hydrogens (tertiary/aromatic N) is 3. The zero-order chi connectivity index (χ0) is 26.0. The lowest BCUT2D eigenvalue weighted by molar-refractivity contribution is -0.139. The lowest BCUT2D eigenvalue weighted by Gasteiger charge is -2.29. The lowest BCUT2D eigenvalue weighted by Crippen LogP contribution is -2.38. The van der Waals surface area contributed by atoms with E-state index in [2.05, 4.69) is 15.5 Å². The van der Waals surface area contributed by atoms with Crippen LogP contribution in [0.2, 0.25) is 0 Å². The van der Waals surface area contributed by atoms with Crippen molar-refractivity contribution in [2.75, 3.05) is 18.5 Å². The van der Waals surface area contributed by atoms with Crippen LogP contribution in [0.3, 0.4) is 0 Å². The van der Waals surface area contributed by atoms with Crippen molar-refractivity contribution in [3.63, 3.8) is 0 Å². The number of rotatable bonds is 11. The van der Waals surface area contributed by atoms with Crippen LogP contribution in [0.5, 0.6) is 0 Å². The molecule has 3 aromatic carbocycles. The highest BCUT2D eigenvalue weighted by Crippen LogP contribution is 2.27. The van der Waals surface area contributed by atoms with E-state index in [1.165, 1.54) is 11.3 Å². The van der Waals surface area contributed by atoms with Gasteiger partial charge in [-0.25, -0.2) is 0 Å². The molecule has 7 nitrogen and oxygen atoms in total. The molecule has 1 atom stereocenters. The van der Waals surface area contributed by atoms with Gasteiger partial charge < -0.3 is 15.0 Å². The van der Waals surface area contributed by atoms with Gasteiger partial charge in [-0.3, -0.25) is 9.59 Å². The van der Waals surface area contributed by atoms with Gasteiger partial charge in [0.25, 0.3) is 0 Å². The molecule has 1 heterocycles. The highest BCUT2D eigenvalue weighted by Gasteiger charge is 2.23. The number of carbonyl (C=O) groups excluding carboxylic acids is 2. The Kier molecular flexibility index (Phi) is 9.13. The molecule has 1 N–H and O–H groups in total. The van der Waals surface area contributed by atoms with E-state index in [-0.39, 0.29) is 37.4 Å². The molecule has 0 aliphatic carbocycles. The van der Waals surface area contributed by atoms with E-state index in [1.54, 1.807) is 4.90 Å². The van der Waals surface area contributed by atoms with Crippen molar-refractivity contribution >= 4 is 28.3 Å². The first-order valence-corrected chi connectivity index (χ1v) is 13.0. The summed E-state index contributed by atoms with van der Waals surface area (Å²) in [5.74, 6) is -0.396. The molecule has 37 heavy (non-hydrogen) atoms. The van der Waals surface area contributed by atoms with Crippen LogP contribution in [0.1, 0.15) is 36.1 Å². The summed E-state index contributed by atoms with van der Waals surface area (Å²) in [4.78, 5) is 27.6. The van der Waals surface area contributed by atoms with Crippen LogP contribution in [0.15, 0.2) is 84.9 Å². The minimum absolute atomic E-state index is 0.0655. The number of amides is 2. The number of anilines is 1. The molecule has 0 spiro atoms. The number of ether oxygens (including phenoxy) is 1. The van der Waals surface area contributed by atoms with Crippen LogP contribution in [-0.4, -0.2) is 40.1 Å². The van der Waals surface area contributed by atoms with E-state index in [4.69, 9.17) is 4.74 Å². The summed E-state index contributed by atoms with van der Waals surface area (Å²) in [7, 11) is 0. The van der Waals surface area contributed by atoms with Crippen molar-refractivity contribution < 1.29 is 14.3 Å². The summed E-state index contributed by atoms with van der Waals surface area (Å²) in [6.07, 6.45) is 0.126. The van der Waals surface area contributed by atoms with Gasteiger partial charge in [-0.1, -0.05) is 102 Å². The van der Waals surface area contributed by atoms with Crippen LogP contribution in [0.25, 0.3) is 10.6 Å². The molecule has 0 saturated carbocycles. The van der Waals surface area contributed by atoms with Crippen molar-refractivity contribution in [2.24, 2.45) is 0 Å². The fourth-order valence-electron chi connectivity index (χ4n) is 3.85. The normalized spacial score (nSPS) is 11.6. The second kappa shape index (κ2) is 12.9. The first-order chi connectivity index (χ1) is 18.0. The molecule has 1 aromatic heterocycles. The van der Waals surface area contributed by atoms with Crippen molar-refractivity contribution in [1.29, 1.82) is 0 Å². The molecule has 0 fully saturated rings. The van der Waals surface area contributed by atoms with Crippen molar-refractivity contribution in [2.45, 2.75) is 32.9 Å². The smallest absolute Gasteiger partial charge is 0.249 e. The second-order valence-electron chi connectivity index (χ2n) is 8.73. The van der Waals surface area contributed by atoms with Crippen LogP contribution < -0.4 is 5.32 Å². The predicted molar refractivity (Wildman–Crippen MR) is 146 cm³/mol. The zero-order valence-electron chi connectivity index (χ0n) is 21.0. The van der Waals surface area contributed by atoms with Crippen LogP contribution in [-0.2, 0) is 20.9 Å². The van der Waals surface area contributed by atoms with Crippen molar-refractivity contribution in [3.8, 4) is 10.6 Å². The standard InChI is InChI=1S/C29H30N4O3S/c1-21-13-15-25(16-14-21)28-31-32-29(37-28)30-26(34)17-18-33(22(2)24-11-7-4-8-12-24)27(35)20-36-19-23-9-5-3-6-10-23/h3-16,22H,17-20H2,1-2H3,(H,30,32,34). The summed E-state index contributed by atoms with van der Waals surface area (Å²) >= 11 is 1.32. The minimum Gasteiger partial charge on any atom is -0.367 e. The Morgan fingerprint density at radius 3 is 2.32 bits per heavy atom. The van der Waals surface area contributed by atoms with Crippen molar-refractivity contribution in [3.05, 3.63) is 102 Å². The third-order valence-corrected chi connectivity index (χ3v) is 6.84. The SMILES string of the molecule is Cc1ccc(-c2nnc(NC(=O)CCN(C(=O)COCc3ccccc3)C(C)c3ccccc3)s2)cc1. The number of aryl methyl sites for hydroxylation is 1. The van der Waals surface area contributed by atoms with Gasteiger partial charge in [-0.05, 0) is 25.0 Å². The Morgan fingerprint density at radius 2 is 1.62 bits per heavy atom. The highest BCUT2D eigenvalue weighted by molar-refractivity contribution is 7.18. The summed E-state index contributed by atoms with van der Waals surface area (Å²) in [5, 5.41) is 12.3. The van der Waals surface area contributed by atoms with E-state index in [0.717, 1.165) is 27.3 Å². The molecule has 2 amide bonds. The van der Waals surface area contributed by atoms with Gasteiger partial charge in [0.2, 0.25) is 16.9 Å². The van der Waals surface area contributed by atoms with E-state index in [9.17, 15) is 9.59 Å². The van der Waals surface area contributed by atoms with Gasteiger partial charge in [0.05, 0.1) is 12.6 Å². The molecule has 4 rings (SSSR count). The number of carbonyl (C=O) groups is 2. The molecule has 4 aromatic rings. The van der Waals surface area contributed by atoms with E-state index in [0.29, 0.717) is 11.7 Å². The summed E-state index contributed by atoms with van der Waals surface area (Å²) < 4.78 is 5.69. The number of benzene rings is 3. The lowest BCUT2D eigenvalue weighted by atomic mass is 10.1. The summed E-state index contributed by atoms with van der Waals surface area (Å²) in [6.45, 7) is 4.52. The monoisotopic (exact) mass is 514 g/mol. The maximum absolute atomic E-state index is 13.2. The molecule has 0 saturated heterocycles. The van der Waals surface area contributed by atoms with Gasteiger partial charge in [0.1, 0.15) is 11.6 Å². The van der Waals surface area contributed by atoms with Crippen LogP contribution >= 0.6 is 11.3 Å². The number of aromatic nitrogens is 2. The fourth-order valence-corrected chi connectivity index (χ4v) is 4.61. The Balaban J connectivity index is 1.36. The third-order valence-electron chi connectivity index (χ3n) is 5.96. The zero-order valence-corrected chi connectivity index (χ0v) is 21.8. The molecule has 1 unspecified atom stereocenters. The maximum Gasteiger partial charge on any atom is 0.249 e. The van der Waals surface area contributed by atoms with Gasteiger partial charge in [-0.2, -0.15) is 0 Å². The molecule has 0 aliphatic heterocycles. The summed E-state index contributed by atoms with van der Waals surface area (Å²) in [6, 6.07) is 27.3. The van der Waals surface area contributed by atoms with Crippen LogP contribution in [0, 0.1) is 6.92 Å². The van der Waals surface area contributed by atoms with Crippen LogP contribution in [0.4, 0.5) is 5.13 Å². The average Bonchev–Trinajstić information content (AvgIpc) is 3.38. The second-order valence-corrected chi connectivity index (χ2v) is 9.71. The average molecular weight is 515 g/mol. The first-order valence-electron chi connectivity index (χ1n) is 12.2. The third kappa shape index (κ3) is 7.55. The van der Waals surface area contributed by atoms with E-state index >= 15 is 0 Å². The highest BCUT2D eigenvalue weighted by atomic mass is 32.1. The quantitative estimate of drug-likeness (QED) is 0.280. The Hall–Kier alpha value is -3.88. The van der Waals surface area contributed by atoms with Gasteiger partial charge in [-0.15, -0.1) is 10.2 Å². The number of hydrogen-bond donors (Lipinski definition) is 1. The Labute approximate surface area is 221 Å². The fraction of sp³-hybridized carbons (Fsp3) is 0.241. The molecule has 190 valence electrons. The predicted octanol–water partition coefficient (Wildman–Crippen LogP) is 5.65.